The maximum Gasteiger partial charge on any atom is 0.340 e. The highest BCUT2D eigenvalue weighted by Gasteiger charge is 2.23. The molecule has 1 atom stereocenters. The SMILES string of the molecule is C[C@@H](OC(=O)c1cc(S(C)(=O)=O)ccc1Cl)C(=O)Nc1ncc(Cl)cc1Cl. The van der Waals surface area contributed by atoms with Crippen LogP contribution in [0.2, 0.25) is 15.1 Å². The molecule has 2 aromatic rings. The van der Waals surface area contributed by atoms with E-state index in [4.69, 9.17) is 39.5 Å². The van der Waals surface area contributed by atoms with Gasteiger partial charge < -0.3 is 10.1 Å². The van der Waals surface area contributed by atoms with Gasteiger partial charge in [0, 0.05) is 12.5 Å². The van der Waals surface area contributed by atoms with Crippen LogP contribution in [0.1, 0.15) is 17.3 Å². The lowest BCUT2D eigenvalue weighted by Crippen LogP contribution is -2.30. The predicted octanol–water partition coefficient (Wildman–Crippen LogP) is 3.63. The summed E-state index contributed by atoms with van der Waals surface area (Å²) in [5, 5.41) is 2.79. The van der Waals surface area contributed by atoms with Crippen molar-refractivity contribution in [2.24, 2.45) is 0 Å². The van der Waals surface area contributed by atoms with Crippen LogP contribution >= 0.6 is 34.8 Å². The monoisotopic (exact) mass is 450 g/mol. The second-order valence-electron chi connectivity index (χ2n) is 5.43. The molecular formula is C16H13Cl3N2O5S. The van der Waals surface area contributed by atoms with Gasteiger partial charge in [-0.05, 0) is 31.2 Å². The quantitative estimate of drug-likeness (QED) is 0.696. The standard InChI is InChI=1S/C16H13Cl3N2O5S/c1-8(15(22)21-14-13(19)5-9(17)7-20-14)26-16(23)11-6-10(27(2,24)25)3-4-12(11)18/h3-8H,1-2H3,(H,20,21,22)/t8-/m1/s1. The Morgan fingerprint density at radius 1 is 1.15 bits per heavy atom. The molecule has 0 unspecified atom stereocenters. The number of nitrogens with zero attached hydrogens (tertiary/aromatic N) is 1. The maximum absolute atomic E-state index is 12.3. The van der Waals surface area contributed by atoms with Gasteiger partial charge >= 0.3 is 5.97 Å². The van der Waals surface area contributed by atoms with E-state index < -0.39 is 27.8 Å². The third-order valence-corrected chi connectivity index (χ3v) is 5.22. The van der Waals surface area contributed by atoms with Gasteiger partial charge in [0.05, 0.1) is 25.5 Å². The normalized spacial score (nSPS) is 12.3. The van der Waals surface area contributed by atoms with E-state index in [2.05, 4.69) is 10.3 Å². The number of amides is 1. The number of hydrogen-bond acceptors (Lipinski definition) is 6. The lowest BCUT2D eigenvalue weighted by molar-refractivity contribution is -0.123. The fourth-order valence-electron chi connectivity index (χ4n) is 1.89. The number of hydrogen-bond donors (Lipinski definition) is 1. The number of pyridine rings is 1. The number of aromatic nitrogens is 1. The molecule has 0 aliphatic heterocycles. The van der Waals surface area contributed by atoms with Gasteiger partial charge in [0.2, 0.25) is 0 Å². The van der Waals surface area contributed by atoms with Gasteiger partial charge in [-0.2, -0.15) is 0 Å². The Morgan fingerprint density at radius 3 is 2.41 bits per heavy atom. The summed E-state index contributed by atoms with van der Waals surface area (Å²) in [6.45, 7) is 1.32. The highest BCUT2D eigenvalue weighted by atomic mass is 35.5. The number of rotatable bonds is 5. The molecule has 0 saturated carbocycles. The van der Waals surface area contributed by atoms with Gasteiger partial charge in [0.1, 0.15) is 0 Å². The minimum Gasteiger partial charge on any atom is -0.449 e. The first-order chi connectivity index (χ1) is 12.5. The summed E-state index contributed by atoms with van der Waals surface area (Å²) in [4.78, 5) is 28.2. The van der Waals surface area contributed by atoms with E-state index in [-0.39, 0.29) is 31.3 Å². The van der Waals surface area contributed by atoms with Gasteiger partial charge in [-0.15, -0.1) is 0 Å². The zero-order valence-corrected chi connectivity index (χ0v) is 17.1. The average molecular weight is 452 g/mol. The Kier molecular flexibility index (Phi) is 6.69. The molecule has 27 heavy (non-hydrogen) atoms. The summed E-state index contributed by atoms with van der Waals surface area (Å²) in [6, 6.07) is 5.00. The van der Waals surface area contributed by atoms with Crippen molar-refractivity contribution in [1.29, 1.82) is 0 Å². The molecule has 1 aromatic carbocycles. The summed E-state index contributed by atoms with van der Waals surface area (Å²) in [5.41, 5.74) is -0.179. The zero-order chi connectivity index (χ0) is 20.4. The molecule has 0 fully saturated rings. The summed E-state index contributed by atoms with van der Waals surface area (Å²) in [7, 11) is -3.55. The molecule has 0 aliphatic rings. The molecule has 1 aromatic heterocycles. The molecule has 144 valence electrons. The fourth-order valence-corrected chi connectivity index (χ4v) is 3.16. The first-order valence-electron chi connectivity index (χ1n) is 7.31. The van der Waals surface area contributed by atoms with Gasteiger partial charge in [-0.25, -0.2) is 18.2 Å². The number of esters is 1. The van der Waals surface area contributed by atoms with Crippen LogP contribution in [-0.2, 0) is 19.4 Å². The van der Waals surface area contributed by atoms with Crippen LogP contribution in [-0.4, -0.2) is 37.6 Å². The van der Waals surface area contributed by atoms with E-state index in [0.29, 0.717) is 0 Å². The van der Waals surface area contributed by atoms with Gasteiger partial charge in [-0.1, -0.05) is 34.8 Å². The number of ether oxygens (including phenoxy) is 1. The Balaban J connectivity index is 2.14. The molecule has 1 N–H and O–H groups in total. The van der Waals surface area contributed by atoms with Gasteiger partial charge in [0.25, 0.3) is 5.91 Å². The van der Waals surface area contributed by atoms with Crippen molar-refractivity contribution < 1.29 is 22.7 Å². The lowest BCUT2D eigenvalue weighted by atomic mass is 10.2. The summed E-state index contributed by atoms with van der Waals surface area (Å²) in [6.07, 6.45) is 1.05. The van der Waals surface area contributed by atoms with Crippen molar-refractivity contribution in [3.05, 3.63) is 51.1 Å². The summed E-state index contributed by atoms with van der Waals surface area (Å²) >= 11 is 17.6. The number of carbonyl (C=O) groups is 2. The third kappa shape index (κ3) is 5.55. The minimum atomic E-state index is -3.55. The van der Waals surface area contributed by atoms with E-state index >= 15 is 0 Å². The second kappa shape index (κ2) is 8.43. The molecule has 0 bridgehead atoms. The van der Waals surface area contributed by atoms with Crippen molar-refractivity contribution in [3.8, 4) is 0 Å². The number of halogens is 3. The molecule has 2 rings (SSSR count). The molecular weight excluding hydrogens is 439 g/mol. The zero-order valence-electron chi connectivity index (χ0n) is 14.0. The molecule has 1 heterocycles. The van der Waals surface area contributed by atoms with Crippen LogP contribution in [0, 0.1) is 0 Å². The van der Waals surface area contributed by atoms with Crippen LogP contribution in [0.5, 0.6) is 0 Å². The second-order valence-corrected chi connectivity index (χ2v) is 8.70. The number of nitrogens with one attached hydrogen (secondary N) is 1. The van der Waals surface area contributed by atoms with E-state index in [9.17, 15) is 18.0 Å². The van der Waals surface area contributed by atoms with E-state index in [1.165, 1.54) is 31.3 Å². The number of sulfone groups is 1. The van der Waals surface area contributed by atoms with Crippen molar-refractivity contribution in [3.63, 3.8) is 0 Å². The third-order valence-electron chi connectivity index (χ3n) is 3.29. The number of carbonyl (C=O) groups excluding carboxylic acids is 2. The Hall–Kier alpha value is -1.87. The van der Waals surface area contributed by atoms with Crippen LogP contribution in [0.3, 0.4) is 0 Å². The van der Waals surface area contributed by atoms with Crippen molar-refractivity contribution in [1.82, 2.24) is 4.98 Å². The molecule has 11 heteroatoms. The van der Waals surface area contributed by atoms with Crippen molar-refractivity contribution in [2.45, 2.75) is 17.9 Å². The van der Waals surface area contributed by atoms with E-state index in [0.717, 1.165) is 12.3 Å². The maximum atomic E-state index is 12.3. The Morgan fingerprint density at radius 2 is 1.81 bits per heavy atom. The largest absolute Gasteiger partial charge is 0.449 e. The first-order valence-corrected chi connectivity index (χ1v) is 10.3. The average Bonchev–Trinajstić information content (AvgIpc) is 2.56. The topological polar surface area (TPSA) is 102 Å². The highest BCUT2D eigenvalue weighted by Crippen LogP contribution is 2.24. The van der Waals surface area contributed by atoms with Crippen LogP contribution in [0.15, 0.2) is 35.4 Å². The van der Waals surface area contributed by atoms with Gasteiger partial charge in [0.15, 0.2) is 21.8 Å². The molecule has 0 spiro atoms. The number of anilines is 1. The Bertz CT molecular complexity index is 1010. The van der Waals surface area contributed by atoms with E-state index in [1.807, 2.05) is 0 Å². The Labute approximate surface area is 170 Å². The predicted molar refractivity (Wildman–Crippen MR) is 102 cm³/mol. The number of benzene rings is 1. The molecule has 0 radical (unpaired) electrons. The summed E-state index contributed by atoms with van der Waals surface area (Å²) < 4.78 is 28.3. The van der Waals surface area contributed by atoms with Crippen molar-refractivity contribution in [2.75, 3.05) is 11.6 Å². The minimum absolute atomic E-state index is 0.0116. The summed E-state index contributed by atoms with van der Waals surface area (Å²) in [5.74, 6) is -1.61. The molecule has 1 amide bonds. The fraction of sp³-hybridized carbons (Fsp3) is 0.188. The molecule has 0 aliphatic carbocycles. The van der Waals surface area contributed by atoms with Crippen molar-refractivity contribution >= 4 is 62.3 Å². The van der Waals surface area contributed by atoms with E-state index in [1.54, 1.807) is 0 Å². The lowest BCUT2D eigenvalue weighted by Gasteiger charge is -2.14. The van der Waals surface area contributed by atoms with Gasteiger partial charge in [-0.3, -0.25) is 4.79 Å². The smallest absolute Gasteiger partial charge is 0.340 e. The molecule has 0 saturated heterocycles. The van der Waals surface area contributed by atoms with Crippen LogP contribution in [0.25, 0.3) is 0 Å². The highest BCUT2D eigenvalue weighted by molar-refractivity contribution is 7.90. The first kappa shape index (κ1) is 21.4. The van der Waals surface area contributed by atoms with Crippen LogP contribution in [0.4, 0.5) is 5.82 Å². The van der Waals surface area contributed by atoms with Crippen LogP contribution < -0.4 is 5.32 Å². The molecule has 7 nitrogen and oxygen atoms in total.